The average molecular weight is 234 g/mol. The van der Waals surface area contributed by atoms with Gasteiger partial charge in [0.25, 0.3) is 0 Å². The van der Waals surface area contributed by atoms with E-state index in [1.165, 1.54) is 6.92 Å². The highest BCUT2D eigenvalue weighted by Crippen LogP contribution is 2.07. The summed E-state index contributed by atoms with van der Waals surface area (Å²) >= 11 is 0. The van der Waals surface area contributed by atoms with Crippen LogP contribution in [0.15, 0.2) is 24.3 Å². The zero-order valence-corrected chi connectivity index (χ0v) is 10.2. The van der Waals surface area contributed by atoms with Crippen LogP contribution in [0.25, 0.3) is 0 Å². The van der Waals surface area contributed by atoms with Gasteiger partial charge in [-0.25, -0.2) is 0 Å². The van der Waals surface area contributed by atoms with E-state index in [0.29, 0.717) is 19.5 Å². The Hall–Kier alpha value is -1.84. The smallest absolute Gasteiger partial charge is 0.224 e. The number of rotatable bonds is 5. The maximum atomic E-state index is 11.6. The molecule has 1 aromatic rings. The molecule has 0 saturated heterocycles. The SMILES string of the molecule is CC(=O)NCCNC(=O)Cc1ccccc1C. The number of carbonyl (C=O) groups excluding carboxylic acids is 2. The van der Waals surface area contributed by atoms with E-state index < -0.39 is 0 Å². The molecule has 17 heavy (non-hydrogen) atoms. The molecule has 0 radical (unpaired) electrons. The fourth-order valence-electron chi connectivity index (χ4n) is 1.48. The molecule has 0 spiro atoms. The van der Waals surface area contributed by atoms with Crippen molar-refractivity contribution >= 4 is 11.8 Å². The van der Waals surface area contributed by atoms with Crippen molar-refractivity contribution in [3.63, 3.8) is 0 Å². The van der Waals surface area contributed by atoms with Crippen LogP contribution < -0.4 is 10.6 Å². The van der Waals surface area contributed by atoms with Crippen LogP contribution in [-0.2, 0) is 16.0 Å². The first-order chi connectivity index (χ1) is 8.09. The van der Waals surface area contributed by atoms with Crippen LogP contribution in [0.3, 0.4) is 0 Å². The molecule has 0 atom stereocenters. The van der Waals surface area contributed by atoms with Gasteiger partial charge in [-0.2, -0.15) is 0 Å². The highest BCUT2D eigenvalue weighted by molar-refractivity contribution is 5.79. The van der Waals surface area contributed by atoms with Crippen LogP contribution in [0.4, 0.5) is 0 Å². The molecule has 0 aliphatic heterocycles. The molecule has 0 heterocycles. The third-order valence-electron chi connectivity index (χ3n) is 2.43. The van der Waals surface area contributed by atoms with Crippen molar-refractivity contribution in [3.8, 4) is 0 Å². The van der Waals surface area contributed by atoms with Crippen molar-refractivity contribution in [3.05, 3.63) is 35.4 Å². The number of carbonyl (C=O) groups is 2. The van der Waals surface area contributed by atoms with E-state index in [9.17, 15) is 9.59 Å². The fraction of sp³-hybridized carbons (Fsp3) is 0.385. The lowest BCUT2D eigenvalue weighted by Crippen LogP contribution is -2.34. The van der Waals surface area contributed by atoms with E-state index in [4.69, 9.17) is 0 Å². The zero-order chi connectivity index (χ0) is 12.7. The van der Waals surface area contributed by atoms with Crippen molar-refractivity contribution in [2.75, 3.05) is 13.1 Å². The van der Waals surface area contributed by atoms with E-state index in [1.807, 2.05) is 31.2 Å². The van der Waals surface area contributed by atoms with E-state index in [0.717, 1.165) is 11.1 Å². The lowest BCUT2D eigenvalue weighted by Gasteiger charge is -2.07. The second kappa shape index (κ2) is 6.68. The largest absolute Gasteiger partial charge is 0.355 e. The molecule has 0 unspecified atom stereocenters. The zero-order valence-electron chi connectivity index (χ0n) is 10.2. The molecule has 2 amide bonds. The normalized spacial score (nSPS) is 9.76. The number of benzene rings is 1. The monoisotopic (exact) mass is 234 g/mol. The summed E-state index contributed by atoms with van der Waals surface area (Å²) in [6.45, 7) is 4.37. The van der Waals surface area contributed by atoms with Crippen LogP contribution in [0, 0.1) is 6.92 Å². The Morgan fingerprint density at radius 1 is 1.12 bits per heavy atom. The van der Waals surface area contributed by atoms with E-state index in [-0.39, 0.29) is 11.8 Å². The maximum absolute atomic E-state index is 11.6. The Balaban J connectivity index is 2.30. The molecule has 1 aromatic carbocycles. The van der Waals surface area contributed by atoms with Crippen LogP contribution in [-0.4, -0.2) is 24.9 Å². The molecule has 92 valence electrons. The Morgan fingerprint density at radius 3 is 2.41 bits per heavy atom. The van der Waals surface area contributed by atoms with Gasteiger partial charge >= 0.3 is 0 Å². The van der Waals surface area contributed by atoms with Gasteiger partial charge in [0, 0.05) is 20.0 Å². The second-order valence-electron chi connectivity index (χ2n) is 3.94. The Labute approximate surface area is 101 Å². The molecular formula is C13H18N2O2. The summed E-state index contributed by atoms with van der Waals surface area (Å²) in [5.74, 6) is -0.109. The van der Waals surface area contributed by atoms with Crippen molar-refractivity contribution in [1.82, 2.24) is 10.6 Å². The highest BCUT2D eigenvalue weighted by Gasteiger charge is 2.04. The van der Waals surface area contributed by atoms with Crippen molar-refractivity contribution in [1.29, 1.82) is 0 Å². The van der Waals surface area contributed by atoms with Gasteiger partial charge in [-0.3, -0.25) is 9.59 Å². The van der Waals surface area contributed by atoms with Crippen LogP contribution in [0.2, 0.25) is 0 Å². The van der Waals surface area contributed by atoms with Crippen molar-refractivity contribution in [2.45, 2.75) is 20.3 Å². The number of hydrogen-bond donors (Lipinski definition) is 2. The fourth-order valence-corrected chi connectivity index (χ4v) is 1.48. The summed E-state index contributed by atoms with van der Waals surface area (Å²) in [5, 5.41) is 5.38. The number of hydrogen-bond acceptors (Lipinski definition) is 2. The minimum atomic E-state index is -0.0850. The van der Waals surface area contributed by atoms with Gasteiger partial charge in [-0.1, -0.05) is 24.3 Å². The molecule has 4 nitrogen and oxygen atoms in total. The van der Waals surface area contributed by atoms with Crippen molar-refractivity contribution < 1.29 is 9.59 Å². The van der Waals surface area contributed by atoms with Gasteiger partial charge < -0.3 is 10.6 Å². The predicted molar refractivity (Wildman–Crippen MR) is 66.6 cm³/mol. The Kier molecular flexibility index (Phi) is 5.20. The number of aryl methyl sites for hydroxylation is 1. The second-order valence-corrected chi connectivity index (χ2v) is 3.94. The van der Waals surface area contributed by atoms with Gasteiger partial charge in [0.1, 0.15) is 0 Å². The average Bonchev–Trinajstić information content (AvgIpc) is 2.27. The molecule has 0 saturated carbocycles. The Bertz CT molecular complexity index is 402. The third-order valence-corrected chi connectivity index (χ3v) is 2.43. The summed E-state index contributed by atoms with van der Waals surface area (Å²) in [4.78, 5) is 22.2. The summed E-state index contributed by atoms with van der Waals surface area (Å²) in [5.41, 5.74) is 2.15. The van der Waals surface area contributed by atoms with Crippen molar-refractivity contribution in [2.24, 2.45) is 0 Å². The first-order valence-corrected chi connectivity index (χ1v) is 5.65. The molecule has 2 N–H and O–H groups in total. The standard InChI is InChI=1S/C13H18N2O2/c1-10-5-3-4-6-12(10)9-13(17)15-8-7-14-11(2)16/h3-6H,7-9H2,1-2H3,(H,14,16)(H,15,17). The first kappa shape index (κ1) is 13.2. The third kappa shape index (κ3) is 5.15. The molecule has 4 heteroatoms. The van der Waals surface area contributed by atoms with E-state index in [1.54, 1.807) is 0 Å². The molecule has 1 rings (SSSR count). The minimum Gasteiger partial charge on any atom is -0.355 e. The number of nitrogens with one attached hydrogen (secondary N) is 2. The minimum absolute atomic E-state index is 0.0235. The van der Waals surface area contributed by atoms with Crippen LogP contribution in [0.1, 0.15) is 18.1 Å². The lowest BCUT2D eigenvalue weighted by molar-refractivity contribution is -0.121. The molecule has 0 aliphatic carbocycles. The van der Waals surface area contributed by atoms with Gasteiger partial charge in [-0.15, -0.1) is 0 Å². The van der Waals surface area contributed by atoms with Crippen LogP contribution >= 0.6 is 0 Å². The molecule has 0 fully saturated rings. The predicted octanol–water partition coefficient (Wildman–Crippen LogP) is 0.790. The van der Waals surface area contributed by atoms with Crippen LogP contribution in [0.5, 0.6) is 0 Å². The summed E-state index contributed by atoms with van der Waals surface area (Å²) in [7, 11) is 0. The summed E-state index contributed by atoms with van der Waals surface area (Å²) < 4.78 is 0. The van der Waals surface area contributed by atoms with Gasteiger partial charge in [0.2, 0.25) is 11.8 Å². The first-order valence-electron chi connectivity index (χ1n) is 5.65. The molecule has 0 bridgehead atoms. The lowest BCUT2D eigenvalue weighted by atomic mass is 10.1. The van der Waals surface area contributed by atoms with Gasteiger partial charge in [0.15, 0.2) is 0 Å². The van der Waals surface area contributed by atoms with E-state index >= 15 is 0 Å². The van der Waals surface area contributed by atoms with E-state index in [2.05, 4.69) is 10.6 Å². The maximum Gasteiger partial charge on any atom is 0.224 e. The summed E-state index contributed by atoms with van der Waals surface area (Å²) in [6.07, 6.45) is 0.382. The highest BCUT2D eigenvalue weighted by atomic mass is 16.2. The van der Waals surface area contributed by atoms with Gasteiger partial charge in [-0.05, 0) is 18.1 Å². The Morgan fingerprint density at radius 2 is 1.76 bits per heavy atom. The quantitative estimate of drug-likeness (QED) is 0.740. The van der Waals surface area contributed by atoms with Gasteiger partial charge in [0.05, 0.1) is 6.42 Å². The molecule has 0 aliphatic rings. The molecular weight excluding hydrogens is 216 g/mol. The summed E-state index contributed by atoms with van der Waals surface area (Å²) in [6, 6.07) is 7.81. The molecule has 0 aromatic heterocycles. The number of amides is 2. The topological polar surface area (TPSA) is 58.2 Å².